The Hall–Kier alpha value is -1.82. The van der Waals surface area contributed by atoms with Gasteiger partial charge >= 0.3 is 6.18 Å². The third-order valence-corrected chi connectivity index (χ3v) is 4.57. The van der Waals surface area contributed by atoms with Crippen molar-refractivity contribution in [1.82, 2.24) is 0 Å². The molecule has 0 radical (unpaired) electrons. The summed E-state index contributed by atoms with van der Waals surface area (Å²) in [4.78, 5) is 0. The molecule has 0 spiro atoms. The number of fused-ring (bicyclic) bond motifs is 1. The fraction of sp³-hybridized carbons (Fsp3) is 0.0588. The molecule has 0 saturated heterocycles. The van der Waals surface area contributed by atoms with Gasteiger partial charge in [0.1, 0.15) is 16.5 Å². The van der Waals surface area contributed by atoms with Gasteiger partial charge in [-0.15, -0.1) is 0 Å². The predicted molar refractivity (Wildman–Crippen MR) is 92.2 cm³/mol. The number of hydrogen-bond donors (Lipinski definition) is 1. The largest absolute Gasteiger partial charge is 0.508 e. The number of hydrogen-bond acceptors (Lipinski definition) is 2. The Morgan fingerprint density at radius 2 is 1.48 bits per heavy atom. The smallest absolute Gasteiger partial charge is 0.417 e. The van der Waals surface area contributed by atoms with Crippen LogP contribution in [-0.2, 0) is 6.18 Å². The number of phenols is 1. The van der Waals surface area contributed by atoms with Crippen molar-refractivity contribution in [3.63, 3.8) is 0 Å². The summed E-state index contributed by atoms with van der Waals surface area (Å²) < 4.78 is 44.3. The van der Waals surface area contributed by atoms with E-state index in [0.29, 0.717) is 11.8 Å². The Morgan fingerprint density at radius 3 is 2.16 bits per heavy atom. The first-order valence-corrected chi connectivity index (χ1v) is 7.95. The molecule has 0 fully saturated rings. The third kappa shape index (κ3) is 3.59. The number of halogens is 6. The van der Waals surface area contributed by atoms with Crippen LogP contribution in [0.15, 0.2) is 42.5 Å². The Labute approximate surface area is 155 Å². The summed E-state index contributed by atoms with van der Waals surface area (Å²) in [5.74, 6) is 0.249. The summed E-state index contributed by atoms with van der Waals surface area (Å²) >= 11 is 17.5. The van der Waals surface area contributed by atoms with Gasteiger partial charge in [0.2, 0.25) is 0 Å². The number of aromatic hydroxyl groups is 1. The Morgan fingerprint density at radius 1 is 0.840 bits per heavy atom. The van der Waals surface area contributed by atoms with E-state index in [4.69, 9.17) is 39.5 Å². The fourth-order valence-electron chi connectivity index (χ4n) is 2.27. The lowest BCUT2D eigenvalue weighted by Crippen LogP contribution is -2.06. The summed E-state index contributed by atoms with van der Waals surface area (Å²) in [5, 5.41) is 9.55. The standard InChI is InChI=1S/C17H8Cl3F3O2/c18-13-7-12(17(21,22)23)14(19)15(20)16(13)25-11-4-2-8-5-10(24)3-1-9(8)6-11/h1-7,24H. The van der Waals surface area contributed by atoms with Crippen molar-refractivity contribution in [2.75, 3.05) is 0 Å². The minimum absolute atomic E-state index is 0.113. The SMILES string of the molecule is Oc1ccc2cc(Oc3c(Cl)cc(C(F)(F)F)c(Cl)c3Cl)ccc2c1. The summed E-state index contributed by atoms with van der Waals surface area (Å²) in [6.07, 6.45) is -4.69. The van der Waals surface area contributed by atoms with Gasteiger partial charge in [-0.2, -0.15) is 13.2 Å². The van der Waals surface area contributed by atoms with Crippen molar-refractivity contribution in [2.45, 2.75) is 6.18 Å². The first-order valence-electron chi connectivity index (χ1n) is 6.82. The van der Waals surface area contributed by atoms with Crippen LogP contribution in [0.4, 0.5) is 13.2 Å². The quantitative estimate of drug-likeness (QED) is 0.451. The first kappa shape index (κ1) is 18.0. The molecule has 0 heterocycles. The van der Waals surface area contributed by atoms with Crippen molar-refractivity contribution in [3.8, 4) is 17.2 Å². The molecule has 3 aromatic rings. The zero-order valence-corrected chi connectivity index (χ0v) is 14.4. The van der Waals surface area contributed by atoms with Gasteiger partial charge in [0, 0.05) is 0 Å². The highest BCUT2D eigenvalue weighted by atomic mass is 35.5. The normalized spacial score (nSPS) is 11.8. The molecular weight excluding hydrogens is 400 g/mol. The van der Waals surface area contributed by atoms with E-state index >= 15 is 0 Å². The Balaban J connectivity index is 2.03. The molecule has 0 aliphatic carbocycles. The summed E-state index contributed by atoms with van der Waals surface area (Å²) in [6, 6.07) is 10.3. The molecule has 3 aromatic carbocycles. The lowest BCUT2D eigenvalue weighted by Gasteiger charge is -2.15. The Bertz CT molecular complexity index is 971. The highest BCUT2D eigenvalue weighted by molar-refractivity contribution is 6.45. The Kier molecular flexibility index (Phi) is 4.66. The number of ether oxygens (including phenoxy) is 1. The highest BCUT2D eigenvalue weighted by Crippen LogP contribution is 2.47. The van der Waals surface area contributed by atoms with Crippen molar-refractivity contribution >= 4 is 45.6 Å². The van der Waals surface area contributed by atoms with E-state index in [9.17, 15) is 18.3 Å². The van der Waals surface area contributed by atoms with Gasteiger partial charge in [0.25, 0.3) is 0 Å². The molecule has 25 heavy (non-hydrogen) atoms. The molecule has 0 unspecified atom stereocenters. The van der Waals surface area contributed by atoms with Crippen LogP contribution in [0, 0.1) is 0 Å². The van der Waals surface area contributed by atoms with Gasteiger partial charge in [-0.25, -0.2) is 0 Å². The topological polar surface area (TPSA) is 29.5 Å². The van der Waals surface area contributed by atoms with Crippen LogP contribution in [0.5, 0.6) is 17.2 Å². The van der Waals surface area contributed by atoms with E-state index in [1.165, 1.54) is 6.07 Å². The van der Waals surface area contributed by atoms with Gasteiger partial charge < -0.3 is 9.84 Å². The molecule has 0 aliphatic heterocycles. The molecule has 3 rings (SSSR count). The second kappa shape index (κ2) is 6.48. The zero-order valence-electron chi connectivity index (χ0n) is 12.2. The molecule has 0 aliphatic rings. The minimum atomic E-state index is -4.69. The average Bonchev–Trinajstić information content (AvgIpc) is 2.54. The van der Waals surface area contributed by atoms with Crippen molar-refractivity contribution in [1.29, 1.82) is 0 Å². The van der Waals surface area contributed by atoms with E-state index in [1.807, 2.05) is 0 Å². The van der Waals surface area contributed by atoms with Gasteiger partial charge in [-0.05, 0) is 41.1 Å². The van der Waals surface area contributed by atoms with E-state index in [1.54, 1.807) is 30.3 Å². The minimum Gasteiger partial charge on any atom is -0.508 e. The van der Waals surface area contributed by atoms with E-state index < -0.39 is 21.8 Å². The van der Waals surface area contributed by atoms with Crippen LogP contribution in [0.25, 0.3) is 10.8 Å². The van der Waals surface area contributed by atoms with Crippen LogP contribution in [0.2, 0.25) is 15.1 Å². The maximum atomic E-state index is 12.9. The van der Waals surface area contributed by atoms with Crippen LogP contribution in [0.1, 0.15) is 5.56 Å². The summed E-state index contributed by atoms with van der Waals surface area (Å²) in [6.45, 7) is 0. The van der Waals surface area contributed by atoms with Crippen LogP contribution < -0.4 is 4.74 Å². The van der Waals surface area contributed by atoms with Crippen LogP contribution in [0.3, 0.4) is 0 Å². The molecule has 0 bridgehead atoms. The molecule has 130 valence electrons. The molecule has 1 N–H and O–H groups in total. The summed E-state index contributed by atoms with van der Waals surface area (Å²) in [7, 11) is 0. The molecule has 0 aromatic heterocycles. The first-order chi connectivity index (χ1) is 11.7. The van der Waals surface area contributed by atoms with Gasteiger partial charge in [0.05, 0.1) is 15.6 Å². The summed E-state index contributed by atoms with van der Waals surface area (Å²) in [5.41, 5.74) is -1.13. The highest BCUT2D eigenvalue weighted by Gasteiger charge is 2.36. The zero-order chi connectivity index (χ0) is 18.4. The molecule has 0 amide bonds. The van der Waals surface area contributed by atoms with E-state index in [0.717, 1.165) is 10.8 Å². The molecule has 8 heteroatoms. The lowest BCUT2D eigenvalue weighted by molar-refractivity contribution is -0.137. The van der Waals surface area contributed by atoms with Crippen molar-refractivity contribution < 1.29 is 23.0 Å². The van der Waals surface area contributed by atoms with E-state index in [2.05, 4.69) is 0 Å². The van der Waals surface area contributed by atoms with Crippen LogP contribution in [-0.4, -0.2) is 5.11 Å². The van der Waals surface area contributed by atoms with Crippen molar-refractivity contribution in [3.05, 3.63) is 63.1 Å². The second-order valence-electron chi connectivity index (χ2n) is 5.16. The lowest BCUT2D eigenvalue weighted by atomic mass is 10.1. The number of rotatable bonds is 2. The van der Waals surface area contributed by atoms with Gasteiger partial charge in [0.15, 0.2) is 5.75 Å². The predicted octanol–water partition coefficient (Wildman–Crippen LogP) is 7.32. The molecular formula is C17H8Cl3F3O2. The van der Waals surface area contributed by atoms with Crippen LogP contribution >= 0.6 is 34.8 Å². The molecule has 0 atom stereocenters. The number of alkyl halides is 3. The molecule has 2 nitrogen and oxygen atoms in total. The monoisotopic (exact) mass is 406 g/mol. The molecule has 0 saturated carbocycles. The maximum Gasteiger partial charge on any atom is 0.417 e. The van der Waals surface area contributed by atoms with Gasteiger partial charge in [-0.1, -0.05) is 46.9 Å². The second-order valence-corrected chi connectivity index (χ2v) is 6.32. The number of benzene rings is 3. The number of phenolic OH excluding ortho intramolecular Hbond substituents is 1. The third-order valence-electron chi connectivity index (χ3n) is 3.44. The van der Waals surface area contributed by atoms with Gasteiger partial charge in [-0.3, -0.25) is 0 Å². The van der Waals surface area contributed by atoms with Crippen molar-refractivity contribution in [2.24, 2.45) is 0 Å². The maximum absolute atomic E-state index is 12.9. The van der Waals surface area contributed by atoms with E-state index in [-0.39, 0.29) is 16.5 Å². The fourth-order valence-corrected chi connectivity index (χ4v) is 3.05. The average molecular weight is 408 g/mol.